The van der Waals surface area contributed by atoms with E-state index in [0.717, 1.165) is 22.3 Å². The van der Waals surface area contributed by atoms with Crippen LogP contribution >= 0.6 is 0 Å². The quantitative estimate of drug-likeness (QED) is 0.743. The molecule has 0 saturated heterocycles. The molecule has 1 aromatic rings. The number of carboxylic acids is 1. The van der Waals surface area contributed by atoms with Crippen LogP contribution in [0.3, 0.4) is 0 Å². The number of hydrogen-bond donors (Lipinski definition) is 2. The van der Waals surface area contributed by atoms with Gasteiger partial charge in [0.15, 0.2) is 0 Å². The average molecular weight is 215 g/mol. The minimum absolute atomic E-state index is 0.685. The maximum Gasteiger partial charge on any atom is 0.329 e. The van der Waals surface area contributed by atoms with Gasteiger partial charge in [-0.25, -0.2) is 4.79 Å². The monoisotopic (exact) mass is 215 g/mol. The first-order valence-corrected chi connectivity index (χ1v) is 5.33. The first-order valence-electron chi connectivity index (χ1n) is 5.33. The van der Waals surface area contributed by atoms with Crippen molar-refractivity contribution in [3.8, 4) is 0 Å². The number of rotatable bonds is 3. The van der Waals surface area contributed by atoms with E-state index in [1.807, 2.05) is 26.0 Å². The lowest BCUT2D eigenvalue weighted by Crippen LogP contribution is -2.31. The van der Waals surface area contributed by atoms with Gasteiger partial charge in [-0.2, -0.15) is 0 Å². The van der Waals surface area contributed by atoms with E-state index in [1.54, 1.807) is 0 Å². The van der Waals surface area contributed by atoms with Gasteiger partial charge in [0.1, 0.15) is 13.4 Å². The Balaban J connectivity index is 2.26. The molecule has 1 aliphatic carbocycles. The first kappa shape index (κ1) is 11.1. The van der Waals surface area contributed by atoms with Crippen LogP contribution in [0.1, 0.15) is 24.0 Å². The highest BCUT2D eigenvalue weighted by Crippen LogP contribution is 2.39. The van der Waals surface area contributed by atoms with Gasteiger partial charge >= 0.3 is 5.97 Å². The third-order valence-electron chi connectivity index (χ3n) is 3.14. The highest BCUT2D eigenvalue weighted by atomic mass is 16.4. The number of aryl methyl sites for hydroxylation is 2. The molecule has 0 amide bonds. The molecule has 0 atom stereocenters. The summed E-state index contributed by atoms with van der Waals surface area (Å²) in [7, 11) is 5.85. The van der Waals surface area contributed by atoms with Crippen molar-refractivity contribution in [2.45, 2.75) is 32.2 Å². The number of aliphatic carboxylic acids is 1. The number of nitrogens with one attached hydrogen (secondary N) is 1. The van der Waals surface area contributed by atoms with Crippen molar-refractivity contribution < 1.29 is 9.90 Å². The molecule has 1 aliphatic rings. The highest BCUT2D eigenvalue weighted by molar-refractivity contribution is 6.34. The zero-order chi connectivity index (χ0) is 11.9. The van der Waals surface area contributed by atoms with Crippen LogP contribution in [0.15, 0.2) is 12.1 Å². The predicted molar refractivity (Wildman–Crippen MR) is 64.5 cm³/mol. The molecular formula is C12H14BNO2. The van der Waals surface area contributed by atoms with Crippen LogP contribution in [0.2, 0.25) is 0 Å². The highest BCUT2D eigenvalue weighted by Gasteiger charge is 2.50. The van der Waals surface area contributed by atoms with Crippen molar-refractivity contribution in [2.75, 3.05) is 5.32 Å². The molecule has 4 heteroatoms. The summed E-state index contributed by atoms with van der Waals surface area (Å²) < 4.78 is 0. The fraction of sp³-hybridized carbons (Fsp3) is 0.417. The van der Waals surface area contributed by atoms with Gasteiger partial charge in [-0.05, 0) is 38.8 Å². The van der Waals surface area contributed by atoms with E-state index in [1.165, 1.54) is 0 Å². The third kappa shape index (κ3) is 1.80. The summed E-state index contributed by atoms with van der Waals surface area (Å²) in [6.07, 6.45) is 1.37. The van der Waals surface area contributed by atoms with E-state index in [-0.39, 0.29) is 0 Å². The smallest absolute Gasteiger partial charge is 0.329 e. The molecule has 2 N–H and O–H groups in total. The van der Waals surface area contributed by atoms with Crippen molar-refractivity contribution >= 4 is 25.0 Å². The lowest BCUT2D eigenvalue weighted by atomic mass is 9.86. The van der Waals surface area contributed by atoms with Crippen molar-refractivity contribution in [1.82, 2.24) is 0 Å². The number of hydrogen-bond acceptors (Lipinski definition) is 2. The number of anilines is 1. The number of carboxylic acid groups (broad SMARTS) is 1. The van der Waals surface area contributed by atoms with Crippen LogP contribution < -0.4 is 10.8 Å². The zero-order valence-electron chi connectivity index (χ0n) is 9.50. The second kappa shape index (κ2) is 3.54. The van der Waals surface area contributed by atoms with Crippen molar-refractivity contribution in [3.63, 3.8) is 0 Å². The Kier molecular flexibility index (Phi) is 2.45. The Morgan fingerprint density at radius 3 is 2.25 bits per heavy atom. The average Bonchev–Trinajstić information content (AvgIpc) is 2.95. The molecule has 0 bridgehead atoms. The molecule has 2 radical (unpaired) electrons. The molecule has 16 heavy (non-hydrogen) atoms. The molecule has 1 aromatic carbocycles. The minimum atomic E-state index is -0.778. The molecule has 82 valence electrons. The van der Waals surface area contributed by atoms with Crippen LogP contribution in [0.25, 0.3) is 0 Å². The van der Waals surface area contributed by atoms with E-state index in [2.05, 4.69) is 5.32 Å². The molecule has 0 aromatic heterocycles. The first-order chi connectivity index (χ1) is 7.44. The SMILES string of the molecule is [B]c1c(C)cc(NC2(C(=O)O)CC2)cc1C. The van der Waals surface area contributed by atoms with Gasteiger partial charge in [0.2, 0.25) is 0 Å². The Labute approximate surface area is 96.3 Å². The molecule has 0 heterocycles. The maximum absolute atomic E-state index is 11.0. The van der Waals surface area contributed by atoms with Crippen LogP contribution in [-0.4, -0.2) is 24.5 Å². The lowest BCUT2D eigenvalue weighted by Gasteiger charge is -2.16. The van der Waals surface area contributed by atoms with E-state index >= 15 is 0 Å². The van der Waals surface area contributed by atoms with Crippen molar-refractivity contribution in [3.05, 3.63) is 23.3 Å². The van der Waals surface area contributed by atoms with Gasteiger partial charge in [-0.15, -0.1) is 0 Å². The van der Waals surface area contributed by atoms with E-state index in [0.29, 0.717) is 12.8 Å². The van der Waals surface area contributed by atoms with Crippen LogP contribution in [-0.2, 0) is 4.79 Å². The second-order valence-corrected chi connectivity index (χ2v) is 4.54. The fourth-order valence-corrected chi connectivity index (χ4v) is 1.84. The molecule has 0 spiro atoms. The summed E-state index contributed by atoms with van der Waals surface area (Å²) in [5.41, 5.74) is 2.82. The molecule has 1 fully saturated rings. The van der Waals surface area contributed by atoms with E-state index in [4.69, 9.17) is 13.0 Å². The predicted octanol–water partition coefficient (Wildman–Crippen LogP) is 1.13. The van der Waals surface area contributed by atoms with Gasteiger partial charge in [0, 0.05) is 5.69 Å². The van der Waals surface area contributed by atoms with Crippen LogP contribution in [0.4, 0.5) is 5.69 Å². The zero-order valence-corrected chi connectivity index (χ0v) is 9.50. The van der Waals surface area contributed by atoms with Crippen LogP contribution in [0.5, 0.6) is 0 Å². The minimum Gasteiger partial charge on any atom is -0.480 e. The molecule has 0 unspecified atom stereocenters. The summed E-state index contributed by atoms with van der Waals surface area (Å²) in [5.74, 6) is -0.778. The van der Waals surface area contributed by atoms with Gasteiger partial charge in [0.25, 0.3) is 0 Å². The number of carbonyl (C=O) groups is 1. The molecule has 0 aliphatic heterocycles. The van der Waals surface area contributed by atoms with E-state index < -0.39 is 11.5 Å². The molecule has 2 rings (SSSR count). The largest absolute Gasteiger partial charge is 0.480 e. The Bertz CT molecular complexity index is 429. The number of benzene rings is 1. The Hall–Kier alpha value is -1.45. The lowest BCUT2D eigenvalue weighted by molar-refractivity contribution is -0.138. The fourth-order valence-electron chi connectivity index (χ4n) is 1.84. The molecular weight excluding hydrogens is 201 g/mol. The second-order valence-electron chi connectivity index (χ2n) is 4.54. The van der Waals surface area contributed by atoms with Gasteiger partial charge in [0.05, 0.1) is 0 Å². The third-order valence-corrected chi connectivity index (χ3v) is 3.14. The maximum atomic E-state index is 11.0. The topological polar surface area (TPSA) is 49.3 Å². The molecule has 1 saturated carbocycles. The van der Waals surface area contributed by atoms with Gasteiger partial charge in [-0.3, -0.25) is 0 Å². The summed E-state index contributed by atoms with van der Waals surface area (Å²) in [6, 6.07) is 3.79. The summed E-state index contributed by atoms with van der Waals surface area (Å²) >= 11 is 0. The normalized spacial score (nSPS) is 16.9. The van der Waals surface area contributed by atoms with Crippen LogP contribution in [0, 0.1) is 13.8 Å². The summed E-state index contributed by atoms with van der Waals surface area (Å²) in [6.45, 7) is 3.85. The van der Waals surface area contributed by atoms with Gasteiger partial charge < -0.3 is 10.4 Å². The summed E-state index contributed by atoms with van der Waals surface area (Å²) in [5, 5.41) is 12.2. The van der Waals surface area contributed by atoms with Crippen molar-refractivity contribution in [2.24, 2.45) is 0 Å². The Morgan fingerprint density at radius 1 is 1.38 bits per heavy atom. The summed E-state index contributed by atoms with van der Waals surface area (Å²) in [4.78, 5) is 11.0. The molecule has 3 nitrogen and oxygen atoms in total. The standard InChI is InChI=1S/C12H14BNO2/c1-7-5-9(6-8(2)10(7)13)14-12(3-4-12)11(15)16/h5-6,14H,3-4H2,1-2H3,(H,15,16). The Morgan fingerprint density at radius 2 is 1.88 bits per heavy atom. The van der Waals surface area contributed by atoms with Crippen molar-refractivity contribution in [1.29, 1.82) is 0 Å². The van der Waals surface area contributed by atoms with E-state index in [9.17, 15) is 4.79 Å². The van der Waals surface area contributed by atoms with Gasteiger partial charge in [-0.1, -0.05) is 16.6 Å².